The number of likely N-dealkylation sites (N-methyl/N-ethyl adjacent to an activating group) is 1. The van der Waals surface area contributed by atoms with Gasteiger partial charge in [0.1, 0.15) is 17.2 Å². The van der Waals surface area contributed by atoms with Crippen molar-refractivity contribution in [2.24, 2.45) is 4.99 Å². The van der Waals surface area contributed by atoms with E-state index in [1.807, 2.05) is 25.1 Å². The summed E-state index contributed by atoms with van der Waals surface area (Å²) < 4.78 is 6.16. The van der Waals surface area contributed by atoms with Crippen LogP contribution in [0.15, 0.2) is 23.0 Å². The highest BCUT2D eigenvalue weighted by atomic mass is 32.1. The Bertz CT molecular complexity index is 1230. The van der Waals surface area contributed by atoms with Gasteiger partial charge in [0, 0.05) is 42.5 Å². The van der Waals surface area contributed by atoms with Gasteiger partial charge in [-0.3, -0.25) is 4.90 Å². The van der Waals surface area contributed by atoms with Crippen LogP contribution in [0, 0.1) is 11.3 Å². The minimum Gasteiger partial charge on any atom is -0.459 e. The normalized spacial score (nSPS) is 25.7. The van der Waals surface area contributed by atoms with E-state index in [1.165, 1.54) is 16.9 Å². The Kier molecular flexibility index (Phi) is 7.50. The van der Waals surface area contributed by atoms with E-state index in [4.69, 9.17) is 9.72 Å². The Labute approximate surface area is 224 Å². The molecule has 2 aliphatic heterocycles. The fourth-order valence-electron chi connectivity index (χ4n) is 6.13. The molecule has 9 heteroatoms. The van der Waals surface area contributed by atoms with Crippen molar-refractivity contribution in [3.05, 3.63) is 39.7 Å². The lowest BCUT2D eigenvalue weighted by molar-refractivity contribution is 0.112. The second-order valence-electron chi connectivity index (χ2n) is 10.8. The summed E-state index contributed by atoms with van der Waals surface area (Å²) in [5, 5.41) is 14.8. The number of likely N-dealkylation sites (tertiary alicyclic amines) is 1. The molecule has 0 saturated carbocycles. The van der Waals surface area contributed by atoms with Gasteiger partial charge < -0.3 is 15.0 Å². The van der Waals surface area contributed by atoms with Gasteiger partial charge in [0.25, 0.3) is 0 Å². The van der Waals surface area contributed by atoms with E-state index in [-0.39, 0.29) is 11.6 Å². The number of fused-ring (bicyclic) bond motifs is 2. The molecule has 1 aliphatic carbocycles. The molecule has 3 atom stereocenters. The van der Waals surface area contributed by atoms with Gasteiger partial charge in [0.15, 0.2) is 0 Å². The van der Waals surface area contributed by atoms with Crippen LogP contribution >= 0.6 is 11.3 Å². The number of allylic oxidation sites excluding steroid dienone is 1. The third-order valence-corrected chi connectivity index (χ3v) is 8.96. The number of nitriles is 1. The maximum Gasteiger partial charge on any atom is 0.317 e. The summed E-state index contributed by atoms with van der Waals surface area (Å²) in [6.07, 6.45) is 14.2. The molecule has 2 fully saturated rings. The Morgan fingerprint density at radius 1 is 1.32 bits per heavy atom. The topological polar surface area (TPSA) is 89.7 Å². The van der Waals surface area contributed by atoms with Crippen molar-refractivity contribution < 1.29 is 4.74 Å². The van der Waals surface area contributed by atoms with Crippen molar-refractivity contribution in [1.82, 2.24) is 25.1 Å². The van der Waals surface area contributed by atoms with Crippen LogP contribution in [-0.4, -0.2) is 65.9 Å². The van der Waals surface area contributed by atoms with Crippen molar-refractivity contribution in [2.75, 3.05) is 27.7 Å². The molecular weight excluding hydrogens is 482 g/mol. The number of aryl methyl sites for hydroxylation is 1. The monoisotopic (exact) mass is 519 g/mol. The lowest BCUT2D eigenvalue weighted by atomic mass is 9.73. The highest BCUT2D eigenvalue weighted by molar-refractivity contribution is 7.16. The van der Waals surface area contributed by atoms with Gasteiger partial charge in [0.2, 0.25) is 0 Å². The second-order valence-corrected chi connectivity index (χ2v) is 11.8. The molecule has 0 bridgehead atoms. The number of hydrogen-bond acceptors (Lipinski definition) is 8. The van der Waals surface area contributed by atoms with Crippen LogP contribution in [0.1, 0.15) is 73.6 Å². The lowest BCUT2D eigenvalue weighted by Crippen LogP contribution is -2.46. The first-order chi connectivity index (χ1) is 17.9. The first-order valence-electron chi connectivity index (χ1n) is 13.3. The van der Waals surface area contributed by atoms with Crippen LogP contribution in [0.4, 0.5) is 5.00 Å². The lowest BCUT2D eigenvalue weighted by Gasteiger charge is -2.43. The van der Waals surface area contributed by atoms with Gasteiger partial charge in [-0.1, -0.05) is 0 Å². The molecule has 2 aromatic rings. The molecule has 5 rings (SSSR count). The quantitative estimate of drug-likeness (QED) is 0.431. The van der Waals surface area contributed by atoms with E-state index in [0.29, 0.717) is 12.1 Å². The highest BCUT2D eigenvalue weighted by Crippen LogP contribution is 2.50. The molecule has 37 heavy (non-hydrogen) atoms. The van der Waals surface area contributed by atoms with Gasteiger partial charge in [-0.25, -0.2) is 9.98 Å². The molecule has 0 aromatic carbocycles. The van der Waals surface area contributed by atoms with E-state index in [0.717, 1.165) is 73.4 Å². The molecule has 3 aliphatic rings. The molecule has 2 aromatic heterocycles. The SMILES string of the molecule is C[C@H](Oc1nccc(/C=C2\CCCC3(CCCc4sc(N=CN(C)C)c(C#N)c43)N2)n1)[C@@H]1CCCN1C. The molecule has 1 unspecified atom stereocenters. The summed E-state index contributed by atoms with van der Waals surface area (Å²) in [4.78, 5) is 19.3. The molecule has 0 radical (unpaired) electrons. The van der Waals surface area contributed by atoms with Crippen LogP contribution in [0.3, 0.4) is 0 Å². The number of nitrogens with zero attached hydrogens (tertiary/aromatic N) is 6. The zero-order chi connectivity index (χ0) is 26.0. The van der Waals surface area contributed by atoms with E-state index in [9.17, 15) is 5.26 Å². The van der Waals surface area contributed by atoms with Crippen molar-refractivity contribution >= 4 is 28.8 Å². The van der Waals surface area contributed by atoms with E-state index in [1.54, 1.807) is 23.9 Å². The average Bonchev–Trinajstić information content (AvgIpc) is 3.47. The summed E-state index contributed by atoms with van der Waals surface area (Å²) in [7, 11) is 6.05. The third-order valence-electron chi connectivity index (χ3n) is 7.80. The van der Waals surface area contributed by atoms with Crippen LogP contribution in [0.25, 0.3) is 6.08 Å². The Morgan fingerprint density at radius 2 is 2.14 bits per heavy atom. The van der Waals surface area contributed by atoms with Crippen LogP contribution in [-0.2, 0) is 12.0 Å². The summed E-state index contributed by atoms with van der Waals surface area (Å²) in [5.41, 5.74) is 3.67. The third kappa shape index (κ3) is 5.36. The van der Waals surface area contributed by atoms with Crippen molar-refractivity contribution in [3.8, 4) is 12.1 Å². The molecule has 1 spiro atoms. The number of aliphatic imine (C=N–C) groups is 1. The van der Waals surface area contributed by atoms with Gasteiger partial charge in [0.05, 0.1) is 23.1 Å². The van der Waals surface area contributed by atoms with E-state index in [2.05, 4.69) is 46.3 Å². The first kappa shape index (κ1) is 25.7. The molecule has 196 valence electrons. The number of piperidine rings is 1. The summed E-state index contributed by atoms with van der Waals surface area (Å²) in [5.74, 6) is 0. The Morgan fingerprint density at radius 3 is 2.86 bits per heavy atom. The molecule has 1 N–H and O–H groups in total. The number of aromatic nitrogens is 2. The fourth-order valence-corrected chi connectivity index (χ4v) is 7.35. The zero-order valence-electron chi connectivity index (χ0n) is 22.3. The summed E-state index contributed by atoms with van der Waals surface area (Å²) in [6.45, 7) is 3.22. The largest absolute Gasteiger partial charge is 0.459 e. The number of thiophene rings is 1. The van der Waals surface area contributed by atoms with Gasteiger partial charge >= 0.3 is 6.01 Å². The Hall–Kier alpha value is -2.96. The average molecular weight is 520 g/mol. The van der Waals surface area contributed by atoms with Crippen LogP contribution in [0.5, 0.6) is 6.01 Å². The Balaban J connectivity index is 1.39. The molecule has 4 heterocycles. The van der Waals surface area contributed by atoms with Crippen molar-refractivity contribution in [1.29, 1.82) is 5.26 Å². The standard InChI is InChI=1S/C28H37N7OS/c1-19(23-9-7-15-35(23)4)36-27-30-14-11-20(32-27)16-21-8-5-12-28(33-21)13-6-10-24-25(28)22(17-29)26(37-24)31-18-34(2)3/h11,14,16,18-19,23,33H,5-10,12-13,15H2,1-4H3/b21-16+,31-18?/t19-,23-,28?/m0/s1. The predicted molar refractivity (Wildman–Crippen MR) is 148 cm³/mol. The fraction of sp³-hybridized carbons (Fsp3) is 0.571. The predicted octanol–water partition coefficient (Wildman–Crippen LogP) is 4.84. The maximum atomic E-state index is 10.1. The number of nitrogens with one attached hydrogen (secondary N) is 1. The summed E-state index contributed by atoms with van der Waals surface area (Å²) in [6, 6.07) is 5.26. The molecule has 8 nitrogen and oxygen atoms in total. The van der Waals surface area contributed by atoms with E-state index < -0.39 is 0 Å². The minimum atomic E-state index is -0.223. The van der Waals surface area contributed by atoms with Crippen LogP contribution in [0.2, 0.25) is 0 Å². The smallest absolute Gasteiger partial charge is 0.317 e. The van der Waals surface area contributed by atoms with Gasteiger partial charge in [-0.15, -0.1) is 11.3 Å². The van der Waals surface area contributed by atoms with Gasteiger partial charge in [-0.05, 0) is 84.0 Å². The first-order valence-corrected chi connectivity index (χ1v) is 14.2. The minimum absolute atomic E-state index is 0.0412. The molecular formula is C28H37N7OS. The molecule has 0 amide bonds. The van der Waals surface area contributed by atoms with Gasteiger partial charge in [-0.2, -0.15) is 10.2 Å². The van der Waals surface area contributed by atoms with Crippen molar-refractivity contribution in [2.45, 2.75) is 76.0 Å². The molecule has 2 saturated heterocycles. The zero-order valence-corrected chi connectivity index (χ0v) is 23.1. The number of hydrogen-bond donors (Lipinski definition) is 1. The highest BCUT2D eigenvalue weighted by Gasteiger charge is 2.43. The number of ether oxygens (including phenoxy) is 1. The van der Waals surface area contributed by atoms with Crippen LogP contribution < -0.4 is 10.1 Å². The van der Waals surface area contributed by atoms with E-state index >= 15 is 0 Å². The number of rotatable bonds is 6. The second kappa shape index (κ2) is 10.8. The summed E-state index contributed by atoms with van der Waals surface area (Å²) >= 11 is 1.67. The maximum absolute atomic E-state index is 10.1. The van der Waals surface area contributed by atoms with Crippen molar-refractivity contribution in [3.63, 3.8) is 0 Å².